The number of carbonyl (C=O) groups is 1. The maximum Gasteiger partial charge on any atom is 0.196 e. The highest BCUT2D eigenvalue weighted by Gasteiger charge is 2.18. The Morgan fingerprint density at radius 2 is 1.71 bits per heavy atom. The SMILES string of the molecule is O=C(c1csc(I)c1)c1c(Cl)cc(Cl)cc1Cl. The largest absolute Gasteiger partial charge is 0.288 e. The van der Waals surface area contributed by atoms with Crippen LogP contribution in [-0.4, -0.2) is 5.78 Å². The van der Waals surface area contributed by atoms with Crippen LogP contribution in [0.5, 0.6) is 0 Å². The summed E-state index contributed by atoms with van der Waals surface area (Å²) in [5.74, 6) is -0.184. The van der Waals surface area contributed by atoms with Crippen LogP contribution >= 0.6 is 68.7 Å². The standard InChI is InChI=1S/C11H4Cl3IOS/c12-6-2-7(13)10(8(14)3-6)11(16)5-1-9(15)17-4-5/h1-4H. The Balaban J connectivity index is 2.51. The molecule has 1 nitrogen and oxygen atoms in total. The van der Waals surface area contributed by atoms with E-state index in [2.05, 4.69) is 22.6 Å². The zero-order valence-corrected chi connectivity index (χ0v) is 13.4. The van der Waals surface area contributed by atoms with Gasteiger partial charge in [0.15, 0.2) is 5.78 Å². The Kier molecular flexibility index (Phi) is 4.36. The first-order valence-corrected chi connectivity index (χ1v) is 7.51. The summed E-state index contributed by atoms with van der Waals surface area (Å²) in [7, 11) is 0. The lowest BCUT2D eigenvalue weighted by molar-refractivity contribution is 0.103. The third-order valence-electron chi connectivity index (χ3n) is 2.06. The normalized spacial score (nSPS) is 10.6. The van der Waals surface area contributed by atoms with Gasteiger partial charge in [-0.2, -0.15) is 0 Å². The monoisotopic (exact) mass is 416 g/mol. The summed E-state index contributed by atoms with van der Waals surface area (Å²) in [5.41, 5.74) is 0.887. The maximum atomic E-state index is 12.2. The first-order valence-electron chi connectivity index (χ1n) is 4.42. The van der Waals surface area contributed by atoms with Crippen molar-refractivity contribution in [1.82, 2.24) is 0 Å². The summed E-state index contributed by atoms with van der Waals surface area (Å²) >= 11 is 21.4. The summed E-state index contributed by atoms with van der Waals surface area (Å²) in [6.07, 6.45) is 0. The number of halogens is 4. The molecule has 6 heteroatoms. The van der Waals surface area contributed by atoms with E-state index in [4.69, 9.17) is 34.8 Å². The molecule has 0 bridgehead atoms. The van der Waals surface area contributed by atoms with E-state index in [1.807, 2.05) is 0 Å². The Morgan fingerprint density at radius 3 is 2.18 bits per heavy atom. The molecular formula is C11H4Cl3IOS. The number of ketones is 1. The zero-order valence-electron chi connectivity index (χ0n) is 8.14. The van der Waals surface area contributed by atoms with E-state index in [1.54, 1.807) is 11.4 Å². The molecule has 0 unspecified atom stereocenters. The molecule has 17 heavy (non-hydrogen) atoms. The molecule has 0 N–H and O–H groups in total. The molecule has 88 valence electrons. The summed E-state index contributed by atoms with van der Waals surface area (Å²) in [5, 5.41) is 2.74. The molecule has 2 aromatic rings. The summed E-state index contributed by atoms with van der Waals surface area (Å²) in [4.78, 5) is 12.2. The summed E-state index contributed by atoms with van der Waals surface area (Å²) < 4.78 is 1.03. The van der Waals surface area contributed by atoms with Crippen LogP contribution < -0.4 is 0 Å². The van der Waals surface area contributed by atoms with E-state index in [-0.39, 0.29) is 15.8 Å². The molecule has 1 aromatic heterocycles. The van der Waals surface area contributed by atoms with Gasteiger partial charge in [0, 0.05) is 16.0 Å². The van der Waals surface area contributed by atoms with E-state index >= 15 is 0 Å². The van der Waals surface area contributed by atoms with Crippen molar-refractivity contribution in [3.05, 3.63) is 52.7 Å². The highest BCUT2D eigenvalue weighted by Crippen LogP contribution is 2.31. The molecule has 0 spiro atoms. The quantitative estimate of drug-likeness (QED) is 0.463. The van der Waals surface area contributed by atoms with Crippen molar-refractivity contribution in [3.63, 3.8) is 0 Å². The Bertz CT molecular complexity index is 571. The number of hydrogen-bond acceptors (Lipinski definition) is 2. The molecule has 0 aliphatic rings. The second-order valence-corrected chi connectivity index (χ2v) is 7.27. The van der Waals surface area contributed by atoms with Crippen LogP contribution in [0, 0.1) is 2.88 Å². The molecule has 0 saturated heterocycles. The van der Waals surface area contributed by atoms with Gasteiger partial charge in [0.2, 0.25) is 0 Å². The van der Waals surface area contributed by atoms with Crippen molar-refractivity contribution in [2.75, 3.05) is 0 Å². The number of benzene rings is 1. The molecule has 0 saturated carbocycles. The van der Waals surface area contributed by atoms with Gasteiger partial charge < -0.3 is 0 Å². The van der Waals surface area contributed by atoms with Gasteiger partial charge in [-0.1, -0.05) is 34.8 Å². The minimum atomic E-state index is -0.184. The average molecular weight is 417 g/mol. The molecular weight excluding hydrogens is 413 g/mol. The molecule has 0 aliphatic carbocycles. The van der Waals surface area contributed by atoms with E-state index < -0.39 is 0 Å². The van der Waals surface area contributed by atoms with Gasteiger partial charge in [0.25, 0.3) is 0 Å². The lowest BCUT2D eigenvalue weighted by Gasteiger charge is -2.05. The highest BCUT2D eigenvalue weighted by molar-refractivity contribution is 14.1. The minimum Gasteiger partial charge on any atom is -0.288 e. The molecule has 0 radical (unpaired) electrons. The fraction of sp³-hybridized carbons (Fsp3) is 0. The van der Waals surface area contributed by atoms with Crippen LogP contribution in [-0.2, 0) is 0 Å². The predicted molar refractivity (Wildman–Crippen MR) is 81.9 cm³/mol. The second kappa shape index (κ2) is 5.45. The lowest BCUT2D eigenvalue weighted by Crippen LogP contribution is -2.01. The van der Waals surface area contributed by atoms with Crippen LogP contribution in [0.1, 0.15) is 15.9 Å². The van der Waals surface area contributed by atoms with Crippen molar-refractivity contribution in [1.29, 1.82) is 0 Å². The van der Waals surface area contributed by atoms with Crippen molar-refractivity contribution in [3.8, 4) is 0 Å². The van der Waals surface area contributed by atoms with Crippen LogP contribution in [0.2, 0.25) is 15.1 Å². The highest BCUT2D eigenvalue weighted by atomic mass is 127. The van der Waals surface area contributed by atoms with Crippen LogP contribution in [0.3, 0.4) is 0 Å². The topological polar surface area (TPSA) is 17.1 Å². The van der Waals surface area contributed by atoms with Gasteiger partial charge in [-0.15, -0.1) is 11.3 Å². The van der Waals surface area contributed by atoms with E-state index in [9.17, 15) is 4.79 Å². The molecule has 0 fully saturated rings. The molecule has 0 aliphatic heterocycles. The van der Waals surface area contributed by atoms with Crippen LogP contribution in [0.15, 0.2) is 23.6 Å². The first-order chi connectivity index (χ1) is 7.99. The number of carbonyl (C=O) groups excluding carboxylic acids is 1. The van der Waals surface area contributed by atoms with Gasteiger partial charge in [0.05, 0.1) is 18.5 Å². The second-order valence-electron chi connectivity index (χ2n) is 3.21. The Labute approximate surface area is 131 Å². The van der Waals surface area contributed by atoms with Crippen molar-refractivity contribution >= 4 is 74.5 Å². The van der Waals surface area contributed by atoms with Crippen molar-refractivity contribution < 1.29 is 4.79 Å². The Hall–Kier alpha value is 0.190. The van der Waals surface area contributed by atoms with Crippen molar-refractivity contribution in [2.45, 2.75) is 0 Å². The molecule has 2 rings (SSSR count). The van der Waals surface area contributed by atoms with Gasteiger partial charge in [-0.05, 0) is 40.8 Å². The van der Waals surface area contributed by atoms with Gasteiger partial charge in [-0.25, -0.2) is 0 Å². The summed E-state index contributed by atoms with van der Waals surface area (Å²) in [6, 6.07) is 4.83. The average Bonchev–Trinajstić information content (AvgIpc) is 2.63. The fourth-order valence-electron chi connectivity index (χ4n) is 1.33. The van der Waals surface area contributed by atoms with E-state index in [1.165, 1.54) is 23.5 Å². The fourth-order valence-corrected chi connectivity index (χ4v) is 3.65. The van der Waals surface area contributed by atoms with Crippen molar-refractivity contribution in [2.24, 2.45) is 0 Å². The van der Waals surface area contributed by atoms with Gasteiger partial charge >= 0.3 is 0 Å². The zero-order chi connectivity index (χ0) is 12.6. The van der Waals surface area contributed by atoms with Gasteiger partial charge in [-0.3, -0.25) is 4.79 Å². The van der Waals surface area contributed by atoms with Crippen LogP contribution in [0.25, 0.3) is 0 Å². The molecule has 0 amide bonds. The smallest absolute Gasteiger partial charge is 0.196 e. The molecule has 0 atom stereocenters. The minimum absolute atomic E-state index is 0.184. The first kappa shape index (κ1) is 13.6. The van der Waals surface area contributed by atoms with Crippen LogP contribution in [0.4, 0.5) is 0 Å². The third-order valence-corrected chi connectivity index (χ3v) is 4.67. The number of hydrogen-bond donors (Lipinski definition) is 0. The Morgan fingerprint density at radius 1 is 1.12 bits per heavy atom. The number of rotatable bonds is 2. The third kappa shape index (κ3) is 2.96. The van der Waals surface area contributed by atoms with E-state index in [0.717, 1.165) is 2.88 Å². The molecule has 1 aromatic carbocycles. The number of thiophene rings is 1. The molecule has 1 heterocycles. The lowest BCUT2D eigenvalue weighted by atomic mass is 10.1. The van der Waals surface area contributed by atoms with E-state index in [0.29, 0.717) is 16.1 Å². The predicted octanol–water partition coefficient (Wildman–Crippen LogP) is 5.54. The summed E-state index contributed by atoms with van der Waals surface area (Å²) in [6.45, 7) is 0. The maximum absolute atomic E-state index is 12.2. The van der Waals surface area contributed by atoms with Gasteiger partial charge in [0.1, 0.15) is 0 Å².